The zero-order valence-corrected chi connectivity index (χ0v) is 19.7. The molecule has 0 saturated heterocycles. The quantitative estimate of drug-likeness (QED) is 0.469. The number of hydrogen-bond donors (Lipinski definition) is 3. The number of nitrogens with two attached hydrogens (primary N) is 1. The van der Waals surface area contributed by atoms with E-state index >= 15 is 0 Å². The summed E-state index contributed by atoms with van der Waals surface area (Å²) in [6.07, 6.45) is 0. The van der Waals surface area contributed by atoms with Crippen LogP contribution in [-0.2, 0) is 22.1 Å². The number of ether oxygens (including phenoxy) is 1. The molecule has 0 saturated carbocycles. The lowest BCUT2D eigenvalue weighted by Crippen LogP contribution is -2.40. The van der Waals surface area contributed by atoms with Gasteiger partial charge in [-0.2, -0.15) is 9.40 Å². The smallest absolute Gasteiger partial charge is 0.257 e. The highest BCUT2D eigenvalue weighted by Crippen LogP contribution is 2.44. The maximum absolute atomic E-state index is 13.7. The van der Waals surface area contributed by atoms with E-state index in [0.717, 1.165) is 16.4 Å². The third kappa shape index (κ3) is 4.12. The van der Waals surface area contributed by atoms with Crippen LogP contribution in [0.25, 0.3) is 0 Å². The molecule has 2 heterocycles. The summed E-state index contributed by atoms with van der Waals surface area (Å²) in [5, 5.41) is 9.39. The lowest BCUT2D eigenvalue weighted by molar-refractivity contribution is 0.0976. The molecule has 3 aromatic rings. The van der Waals surface area contributed by atoms with Gasteiger partial charge in [0.15, 0.2) is 5.82 Å². The van der Waals surface area contributed by atoms with Crippen molar-refractivity contribution in [2.24, 2.45) is 5.73 Å². The van der Waals surface area contributed by atoms with E-state index in [1.165, 1.54) is 25.3 Å². The Hall–Kier alpha value is -3.84. The summed E-state index contributed by atoms with van der Waals surface area (Å²) in [6, 6.07) is 6.20. The first-order chi connectivity index (χ1) is 16.4. The molecule has 0 unspecified atom stereocenters. The fourth-order valence-electron chi connectivity index (χ4n) is 4.01. The number of primary amides is 1. The molecule has 2 aromatic carbocycles. The fourth-order valence-corrected chi connectivity index (χ4v) is 5.78. The molecule has 0 spiro atoms. The summed E-state index contributed by atoms with van der Waals surface area (Å²) in [6.45, 7) is 2.94. The SMILES string of the molecule is COc1ccc(C(=O)Nc2n[nH]c3c2CN(S(=O)(=O)c2cc(F)cc(F)c2)C3(C)C)c(C(N)=O)c1. The van der Waals surface area contributed by atoms with Crippen molar-refractivity contribution in [2.75, 3.05) is 12.4 Å². The number of nitrogens with one attached hydrogen (secondary N) is 2. The average molecular weight is 506 g/mol. The summed E-state index contributed by atoms with van der Waals surface area (Å²) in [5.41, 5.74) is 4.84. The van der Waals surface area contributed by atoms with Gasteiger partial charge in [-0.25, -0.2) is 17.2 Å². The number of fused-ring (bicyclic) bond motifs is 1. The predicted octanol–water partition coefficient (Wildman–Crippen LogP) is 2.49. The van der Waals surface area contributed by atoms with Crippen LogP contribution in [-0.4, -0.2) is 41.8 Å². The van der Waals surface area contributed by atoms with E-state index in [1.54, 1.807) is 13.8 Å². The highest BCUT2D eigenvalue weighted by atomic mass is 32.2. The number of carbonyl (C=O) groups excluding carboxylic acids is 2. The zero-order chi connectivity index (χ0) is 25.7. The largest absolute Gasteiger partial charge is 0.497 e. The highest BCUT2D eigenvalue weighted by Gasteiger charge is 2.48. The van der Waals surface area contributed by atoms with E-state index in [-0.39, 0.29) is 23.5 Å². The third-order valence-electron chi connectivity index (χ3n) is 5.80. The molecular weight excluding hydrogens is 484 g/mol. The Labute approximate surface area is 199 Å². The molecule has 4 N–H and O–H groups in total. The molecule has 0 fully saturated rings. The first-order valence-electron chi connectivity index (χ1n) is 10.2. The monoisotopic (exact) mass is 505 g/mol. The van der Waals surface area contributed by atoms with Crippen LogP contribution in [0, 0.1) is 11.6 Å². The number of hydrogen-bond acceptors (Lipinski definition) is 6. The van der Waals surface area contributed by atoms with Crippen LogP contribution in [0.3, 0.4) is 0 Å². The normalized spacial score (nSPS) is 15.0. The molecule has 184 valence electrons. The molecule has 0 atom stereocenters. The van der Waals surface area contributed by atoms with Crippen molar-refractivity contribution in [3.63, 3.8) is 0 Å². The van der Waals surface area contributed by atoms with Crippen molar-refractivity contribution < 1.29 is 31.5 Å². The summed E-state index contributed by atoms with van der Waals surface area (Å²) in [7, 11) is -2.94. The minimum atomic E-state index is -4.33. The molecule has 1 aliphatic rings. The number of aromatic nitrogens is 2. The summed E-state index contributed by atoms with van der Waals surface area (Å²) in [4.78, 5) is 24.2. The number of sulfonamides is 1. The maximum Gasteiger partial charge on any atom is 0.257 e. The number of halogens is 2. The highest BCUT2D eigenvalue weighted by molar-refractivity contribution is 7.89. The van der Waals surface area contributed by atoms with Crippen molar-refractivity contribution in [3.8, 4) is 5.75 Å². The van der Waals surface area contributed by atoms with E-state index in [1.807, 2.05) is 0 Å². The van der Waals surface area contributed by atoms with Gasteiger partial charge in [0.05, 0.1) is 34.4 Å². The number of nitrogens with zero attached hydrogens (tertiary/aromatic N) is 2. The van der Waals surface area contributed by atoms with Crippen molar-refractivity contribution in [3.05, 3.63) is 70.4 Å². The Morgan fingerprint density at radius 1 is 1.14 bits per heavy atom. The summed E-state index contributed by atoms with van der Waals surface area (Å²) >= 11 is 0. The number of rotatable bonds is 6. The zero-order valence-electron chi connectivity index (χ0n) is 18.8. The Balaban J connectivity index is 1.67. The van der Waals surface area contributed by atoms with Gasteiger partial charge in [0, 0.05) is 18.2 Å². The fraction of sp³-hybridized carbons (Fsp3) is 0.227. The molecule has 13 heteroatoms. The van der Waals surface area contributed by atoms with Gasteiger partial charge in [-0.05, 0) is 44.2 Å². The minimum Gasteiger partial charge on any atom is -0.497 e. The number of carbonyl (C=O) groups is 2. The number of amides is 2. The number of aromatic amines is 1. The maximum atomic E-state index is 13.7. The van der Waals surface area contributed by atoms with Crippen molar-refractivity contribution >= 4 is 27.7 Å². The molecule has 10 nitrogen and oxygen atoms in total. The van der Waals surface area contributed by atoms with Crippen LogP contribution in [0.1, 0.15) is 45.8 Å². The van der Waals surface area contributed by atoms with Crippen LogP contribution in [0.5, 0.6) is 5.75 Å². The van der Waals surface area contributed by atoms with Gasteiger partial charge >= 0.3 is 0 Å². The molecule has 1 aromatic heterocycles. The van der Waals surface area contributed by atoms with Crippen molar-refractivity contribution in [1.29, 1.82) is 0 Å². The molecule has 4 rings (SSSR count). The van der Waals surface area contributed by atoms with Crippen molar-refractivity contribution in [1.82, 2.24) is 14.5 Å². The first-order valence-corrected chi connectivity index (χ1v) is 11.7. The van der Waals surface area contributed by atoms with Crippen LogP contribution < -0.4 is 15.8 Å². The van der Waals surface area contributed by atoms with E-state index in [0.29, 0.717) is 23.1 Å². The third-order valence-corrected chi connectivity index (χ3v) is 7.79. The second kappa shape index (κ2) is 8.43. The minimum absolute atomic E-state index is 0.0347. The summed E-state index contributed by atoms with van der Waals surface area (Å²) in [5.74, 6) is -3.25. The second-order valence-corrected chi connectivity index (χ2v) is 10.2. The molecule has 0 radical (unpaired) electrons. The molecule has 35 heavy (non-hydrogen) atoms. The summed E-state index contributed by atoms with van der Waals surface area (Å²) < 4.78 is 60.1. The van der Waals surface area contributed by atoms with Crippen LogP contribution in [0.4, 0.5) is 14.6 Å². The second-order valence-electron chi connectivity index (χ2n) is 8.33. The molecule has 0 bridgehead atoms. The van der Waals surface area contributed by atoms with Gasteiger partial charge in [-0.15, -0.1) is 0 Å². The number of benzene rings is 2. The van der Waals surface area contributed by atoms with Gasteiger partial charge < -0.3 is 15.8 Å². The standard InChI is InChI=1S/C22H21F2N5O5S/c1-22(2)18-17(10-29(22)35(32,33)14-7-11(23)6-12(24)8-14)20(28-27-18)26-21(31)15-5-4-13(34-3)9-16(15)19(25)30/h4-9H,10H2,1-3H3,(H2,25,30)(H2,26,27,28,31). The molecule has 0 aliphatic carbocycles. The van der Waals surface area contributed by atoms with E-state index in [4.69, 9.17) is 10.5 Å². The van der Waals surface area contributed by atoms with E-state index in [2.05, 4.69) is 15.5 Å². The van der Waals surface area contributed by atoms with Crippen LogP contribution in [0.15, 0.2) is 41.3 Å². The van der Waals surface area contributed by atoms with Gasteiger partial charge in [-0.1, -0.05) is 0 Å². The van der Waals surface area contributed by atoms with Crippen LogP contribution in [0.2, 0.25) is 0 Å². The molecule has 1 aliphatic heterocycles. The predicted molar refractivity (Wildman–Crippen MR) is 120 cm³/mol. The topological polar surface area (TPSA) is 147 Å². The average Bonchev–Trinajstić information content (AvgIpc) is 3.30. The number of methoxy groups -OCH3 is 1. The van der Waals surface area contributed by atoms with E-state index < -0.39 is 43.9 Å². The Morgan fingerprint density at radius 3 is 2.40 bits per heavy atom. The van der Waals surface area contributed by atoms with E-state index in [9.17, 15) is 26.8 Å². The lowest BCUT2D eigenvalue weighted by Gasteiger charge is -2.30. The number of H-pyrrole nitrogens is 1. The Bertz CT molecular complexity index is 1450. The Kier molecular flexibility index (Phi) is 5.85. The van der Waals surface area contributed by atoms with Crippen LogP contribution >= 0.6 is 0 Å². The molecular formula is C22H21F2N5O5S. The Morgan fingerprint density at radius 2 is 1.80 bits per heavy atom. The lowest BCUT2D eigenvalue weighted by atomic mass is 10.0. The first kappa shape index (κ1) is 24.3. The van der Waals surface area contributed by atoms with Gasteiger partial charge in [-0.3, -0.25) is 14.7 Å². The number of anilines is 1. The van der Waals surface area contributed by atoms with Gasteiger partial charge in [0.1, 0.15) is 17.4 Å². The molecule has 2 amide bonds. The van der Waals surface area contributed by atoms with Gasteiger partial charge in [0.2, 0.25) is 15.9 Å². The van der Waals surface area contributed by atoms with Gasteiger partial charge in [0.25, 0.3) is 5.91 Å². The van der Waals surface area contributed by atoms with Crippen molar-refractivity contribution in [2.45, 2.75) is 30.8 Å².